The van der Waals surface area contributed by atoms with Crippen molar-refractivity contribution in [2.45, 2.75) is 44.3 Å². The number of rotatable bonds is 6. The molecule has 3 atom stereocenters. The maximum absolute atomic E-state index is 12.6. The first-order valence-corrected chi connectivity index (χ1v) is 11.9. The number of hydrogen-bond donors (Lipinski definition) is 1. The summed E-state index contributed by atoms with van der Waals surface area (Å²) in [7, 11) is 0. The molecule has 1 saturated carbocycles. The predicted octanol–water partition coefficient (Wildman–Crippen LogP) is 5.24. The van der Waals surface area contributed by atoms with Gasteiger partial charge in [-0.15, -0.1) is 10.2 Å². The molecular formula is C25H28N4OS. The molecule has 1 aliphatic rings. The highest BCUT2D eigenvalue weighted by Gasteiger charge is 2.28. The first-order valence-electron chi connectivity index (χ1n) is 10.9. The van der Waals surface area contributed by atoms with E-state index in [1.165, 1.54) is 24.6 Å². The van der Waals surface area contributed by atoms with Gasteiger partial charge in [-0.3, -0.25) is 4.79 Å². The summed E-state index contributed by atoms with van der Waals surface area (Å²) in [6, 6.07) is 20.2. The predicted molar refractivity (Wildman–Crippen MR) is 126 cm³/mol. The van der Waals surface area contributed by atoms with Crippen LogP contribution >= 0.6 is 11.8 Å². The molecule has 6 heteroatoms. The Hall–Kier alpha value is -2.73. The van der Waals surface area contributed by atoms with Gasteiger partial charge >= 0.3 is 0 Å². The van der Waals surface area contributed by atoms with Gasteiger partial charge in [0.05, 0.1) is 5.75 Å². The minimum atomic E-state index is 0.0351. The number of hydrogen-bond acceptors (Lipinski definition) is 5. The number of amides is 1. The van der Waals surface area contributed by atoms with Gasteiger partial charge in [-0.05, 0) is 18.3 Å². The van der Waals surface area contributed by atoms with Crippen molar-refractivity contribution in [1.29, 1.82) is 0 Å². The van der Waals surface area contributed by atoms with Gasteiger partial charge in [-0.1, -0.05) is 99.1 Å². The Morgan fingerprint density at radius 1 is 0.935 bits per heavy atom. The lowest BCUT2D eigenvalue weighted by molar-refractivity contribution is -0.120. The first-order chi connectivity index (χ1) is 15.1. The zero-order chi connectivity index (χ0) is 21.6. The molecule has 1 N–H and O–H groups in total. The average molecular weight is 433 g/mol. The van der Waals surface area contributed by atoms with E-state index < -0.39 is 0 Å². The number of thioether (sulfide) groups is 1. The van der Waals surface area contributed by atoms with Crippen LogP contribution in [0.3, 0.4) is 0 Å². The fourth-order valence-corrected chi connectivity index (χ4v) is 4.72. The van der Waals surface area contributed by atoms with Crippen LogP contribution in [0.15, 0.2) is 65.8 Å². The van der Waals surface area contributed by atoms with E-state index in [0.29, 0.717) is 17.0 Å². The van der Waals surface area contributed by atoms with Crippen LogP contribution < -0.4 is 5.32 Å². The van der Waals surface area contributed by atoms with E-state index in [9.17, 15) is 4.79 Å². The van der Waals surface area contributed by atoms with Crippen molar-refractivity contribution in [2.24, 2.45) is 11.8 Å². The van der Waals surface area contributed by atoms with Crippen LogP contribution in [0.2, 0.25) is 0 Å². The van der Waals surface area contributed by atoms with E-state index in [-0.39, 0.29) is 17.7 Å². The summed E-state index contributed by atoms with van der Waals surface area (Å²) in [6.07, 6.45) is 3.49. The molecule has 31 heavy (non-hydrogen) atoms. The molecule has 1 fully saturated rings. The normalized spacial score (nSPS) is 20.9. The van der Waals surface area contributed by atoms with Gasteiger partial charge in [0, 0.05) is 17.2 Å². The molecule has 1 amide bonds. The molecule has 4 rings (SSSR count). The highest BCUT2D eigenvalue weighted by molar-refractivity contribution is 7.99. The minimum absolute atomic E-state index is 0.0351. The SMILES string of the molecule is CC1CCCC(NC(=O)CSc2nnc(-c3ccccc3)c(-c3ccccc3)n2)C1C. The van der Waals surface area contributed by atoms with Crippen LogP contribution in [0, 0.1) is 11.8 Å². The Labute approximate surface area is 188 Å². The topological polar surface area (TPSA) is 67.8 Å². The van der Waals surface area contributed by atoms with E-state index in [4.69, 9.17) is 4.98 Å². The molecule has 3 unspecified atom stereocenters. The monoisotopic (exact) mass is 432 g/mol. The average Bonchev–Trinajstić information content (AvgIpc) is 2.82. The second-order valence-electron chi connectivity index (χ2n) is 8.25. The van der Waals surface area contributed by atoms with E-state index in [1.54, 1.807) is 0 Å². The molecule has 1 heterocycles. The smallest absolute Gasteiger partial charge is 0.230 e. The fourth-order valence-electron chi connectivity index (χ4n) is 4.12. The van der Waals surface area contributed by atoms with Crippen LogP contribution in [-0.2, 0) is 4.79 Å². The summed E-state index contributed by atoms with van der Waals surface area (Å²) < 4.78 is 0. The lowest BCUT2D eigenvalue weighted by atomic mass is 9.78. The Kier molecular flexibility index (Phi) is 6.97. The van der Waals surface area contributed by atoms with Crippen LogP contribution in [0.25, 0.3) is 22.5 Å². The van der Waals surface area contributed by atoms with Gasteiger partial charge in [-0.25, -0.2) is 4.98 Å². The lowest BCUT2D eigenvalue weighted by Gasteiger charge is -2.34. The largest absolute Gasteiger partial charge is 0.352 e. The third kappa shape index (κ3) is 5.31. The first kappa shape index (κ1) is 21.5. The van der Waals surface area contributed by atoms with E-state index in [2.05, 4.69) is 29.4 Å². The van der Waals surface area contributed by atoms with Gasteiger partial charge in [0.15, 0.2) is 0 Å². The summed E-state index contributed by atoms with van der Waals surface area (Å²) in [4.78, 5) is 17.3. The molecule has 0 spiro atoms. The summed E-state index contributed by atoms with van der Waals surface area (Å²) in [5.41, 5.74) is 3.47. The quantitative estimate of drug-likeness (QED) is 0.540. The van der Waals surface area contributed by atoms with Crippen molar-refractivity contribution in [2.75, 3.05) is 5.75 Å². The van der Waals surface area contributed by atoms with Gasteiger partial charge in [-0.2, -0.15) is 0 Å². The summed E-state index contributed by atoms with van der Waals surface area (Å²) in [5, 5.41) is 12.5. The fraction of sp³-hybridized carbons (Fsp3) is 0.360. The van der Waals surface area contributed by atoms with Crippen LogP contribution in [0.5, 0.6) is 0 Å². The number of benzene rings is 2. The maximum Gasteiger partial charge on any atom is 0.230 e. The van der Waals surface area contributed by atoms with Crippen molar-refractivity contribution in [3.63, 3.8) is 0 Å². The van der Waals surface area contributed by atoms with Crippen molar-refractivity contribution in [1.82, 2.24) is 20.5 Å². The third-order valence-corrected chi connectivity index (χ3v) is 6.98. The lowest BCUT2D eigenvalue weighted by Crippen LogP contribution is -2.44. The summed E-state index contributed by atoms with van der Waals surface area (Å²) >= 11 is 1.34. The van der Waals surface area contributed by atoms with Crippen molar-refractivity contribution >= 4 is 17.7 Å². The van der Waals surface area contributed by atoms with Crippen molar-refractivity contribution in [3.8, 4) is 22.5 Å². The Bertz CT molecular complexity index is 1010. The summed E-state index contributed by atoms with van der Waals surface area (Å²) in [5.74, 6) is 1.49. The molecule has 0 radical (unpaired) electrons. The van der Waals surface area contributed by atoms with E-state index in [1.807, 2.05) is 60.7 Å². The van der Waals surface area contributed by atoms with Crippen molar-refractivity contribution < 1.29 is 4.79 Å². The van der Waals surface area contributed by atoms with E-state index >= 15 is 0 Å². The highest BCUT2D eigenvalue weighted by atomic mass is 32.2. The molecule has 160 valence electrons. The third-order valence-electron chi connectivity index (χ3n) is 6.15. The number of carbonyl (C=O) groups excluding carboxylic acids is 1. The molecule has 0 aliphatic heterocycles. The molecular weight excluding hydrogens is 404 g/mol. The second-order valence-corrected chi connectivity index (χ2v) is 9.20. The zero-order valence-electron chi connectivity index (χ0n) is 18.0. The number of nitrogens with zero attached hydrogens (tertiary/aromatic N) is 3. The molecule has 3 aromatic rings. The minimum Gasteiger partial charge on any atom is -0.352 e. The molecule has 0 bridgehead atoms. The van der Waals surface area contributed by atoms with Gasteiger partial charge in [0.2, 0.25) is 11.1 Å². The van der Waals surface area contributed by atoms with Crippen molar-refractivity contribution in [3.05, 3.63) is 60.7 Å². The number of carbonyl (C=O) groups is 1. The zero-order valence-corrected chi connectivity index (χ0v) is 18.8. The van der Waals surface area contributed by atoms with Crippen LogP contribution in [-0.4, -0.2) is 32.9 Å². The number of aromatic nitrogens is 3. The van der Waals surface area contributed by atoms with Crippen LogP contribution in [0.4, 0.5) is 0 Å². The highest BCUT2D eigenvalue weighted by Crippen LogP contribution is 2.31. The van der Waals surface area contributed by atoms with Gasteiger partial charge in [0.1, 0.15) is 11.4 Å². The molecule has 0 saturated heterocycles. The maximum atomic E-state index is 12.6. The Balaban J connectivity index is 1.50. The molecule has 1 aromatic heterocycles. The van der Waals surface area contributed by atoms with Gasteiger partial charge in [0.25, 0.3) is 0 Å². The number of nitrogens with one attached hydrogen (secondary N) is 1. The standard InChI is InChI=1S/C25H28N4OS/c1-17-10-9-15-21(18(17)2)26-22(30)16-31-25-27-23(19-11-5-3-6-12-19)24(28-29-25)20-13-7-4-8-14-20/h3-8,11-14,17-18,21H,9-10,15-16H2,1-2H3,(H,26,30). The second kappa shape index (κ2) is 10.1. The van der Waals surface area contributed by atoms with E-state index in [0.717, 1.165) is 28.9 Å². The molecule has 1 aliphatic carbocycles. The molecule has 5 nitrogen and oxygen atoms in total. The van der Waals surface area contributed by atoms with Crippen LogP contribution in [0.1, 0.15) is 33.1 Å². The molecule has 2 aromatic carbocycles. The van der Waals surface area contributed by atoms with Gasteiger partial charge < -0.3 is 5.32 Å². The summed E-state index contributed by atoms with van der Waals surface area (Å²) in [6.45, 7) is 4.51. The Morgan fingerprint density at radius 3 is 2.26 bits per heavy atom. The Morgan fingerprint density at radius 2 is 1.58 bits per heavy atom.